The molecule has 174 valence electrons. The van der Waals surface area contributed by atoms with E-state index < -0.39 is 0 Å². The van der Waals surface area contributed by atoms with Crippen molar-refractivity contribution in [1.82, 2.24) is 10.3 Å². The summed E-state index contributed by atoms with van der Waals surface area (Å²) in [5, 5.41) is 16.2. The molecule has 0 radical (unpaired) electrons. The molecule has 1 aromatic heterocycles. The zero-order valence-electron chi connectivity index (χ0n) is 18.9. The molecule has 0 saturated carbocycles. The number of rotatable bonds is 7. The fraction of sp³-hybridized carbons (Fsp3) is 0.192. The summed E-state index contributed by atoms with van der Waals surface area (Å²) in [6, 6.07) is 17.5. The van der Waals surface area contributed by atoms with E-state index in [1.165, 1.54) is 6.07 Å². The second-order valence-corrected chi connectivity index (χ2v) is 8.27. The Kier molecular flexibility index (Phi) is 7.08. The second kappa shape index (κ2) is 10.4. The van der Waals surface area contributed by atoms with Crippen molar-refractivity contribution < 1.29 is 19.1 Å². The van der Waals surface area contributed by atoms with Gasteiger partial charge in [-0.1, -0.05) is 19.4 Å². The normalized spacial score (nSPS) is 10.8. The van der Waals surface area contributed by atoms with Crippen LogP contribution in [0.4, 0.5) is 5.69 Å². The molecule has 0 aliphatic heterocycles. The molecule has 4 aromatic rings. The molecular formula is C26H25N3O4S. The maximum absolute atomic E-state index is 12.5. The van der Waals surface area contributed by atoms with E-state index in [-0.39, 0.29) is 16.8 Å². The van der Waals surface area contributed by atoms with Gasteiger partial charge in [-0.2, -0.15) is 0 Å². The number of ether oxygens (including phenoxy) is 1. The molecule has 0 saturated heterocycles. The van der Waals surface area contributed by atoms with Gasteiger partial charge in [0.2, 0.25) is 5.89 Å². The predicted octanol–water partition coefficient (Wildman–Crippen LogP) is 5.81. The highest BCUT2D eigenvalue weighted by atomic mass is 32.1. The Labute approximate surface area is 202 Å². The molecule has 0 bridgehead atoms. The van der Waals surface area contributed by atoms with Crippen molar-refractivity contribution in [2.75, 3.05) is 11.9 Å². The van der Waals surface area contributed by atoms with Crippen LogP contribution in [0.5, 0.6) is 11.5 Å². The number of aromatic hydroxyl groups is 1. The molecule has 34 heavy (non-hydrogen) atoms. The van der Waals surface area contributed by atoms with Crippen molar-refractivity contribution in [2.24, 2.45) is 0 Å². The highest BCUT2D eigenvalue weighted by Crippen LogP contribution is 2.33. The second-order valence-electron chi connectivity index (χ2n) is 7.86. The van der Waals surface area contributed by atoms with Crippen LogP contribution < -0.4 is 15.4 Å². The number of oxazole rings is 1. The molecule has 3 N–H and O–H groups in total. The van der Waals surface area contributed by atoms with Gasteiger partial charge >= 0.3 is 0 Å². The molecule has 7 nitrogen and oxygen atoms in total. The van der Waals surface area contributed by atoms with E-state index >= 15 is 0 Å². The number of carbonyl (C=O) groups excluding carboxylic acids is 1. The minimum Gasteiger partial charge on any atom is -0.507 e. The molecule has 1 heterocycles. The Bertz CT molecular complexity index is 1330. The van der Waals surface area contributed by atoms with Crippen LogP contribution in [-0.2, 0) is 0 Å². The summed E-state index contributed by atoms with van der Waals surface area (Å²) >= 11 is 5.25. The summed E-state index contributed by atoms with van der Waals surface area (Å²) < 4.78 is 11.4. The van der Waals surface area contributed by atoms with Gasteiger partial charge in [-0.25, -0.2) is 4.98 Å². The molecule has 0 aliphatic carbocycles. The summed E-state index contributed by atoms with van der Waals surface area (Å²) in [5.41, 5.74) is 3.85. The number of phenols is 1. The number of phenolic OH excluding ortho intramolecular Hbond substituents is 1. The molecule has 0 aliphatic rings. The lowest BCUT2D eigenvalue weighted by Gasteiger charge is -2.11. The lowest BCUT2D eigenvalue weighted by molar-refractivity contribution is 0.0977. The van der Waals surface area contributed by atoms with Crippen molar-refractivity contribution >= 4 is 40.0 Å². The Hall–Kier alpha value is -3.91. The first-order chi connectivity index (χ1) is 16.4. The number of aryl methyl sites for hydroxylation is 1. The number of aromatic nitrogens is 1. The number of amides is 1. The summed E-state index contributed by atoms with van der Waals surface area (Å²) in [6.07, 6.45) is 2.04. The van der Waals surface area contributed by atoms with E-state index in [9.17, 15) is 9.90 Å². The number of fused-ring (bicyclic) bond motifs is 1. The van der Waals surface area contributed by atoms with Gasteiger partial charge < -0.3 is 19.6 Å². The van der Waals surface area contributed by atoms with E-state index in [2.05, 4.69) is 22.5 Å². The van der Waals surface area contributed by atoms with Gasteiger partial charge in [0.1, 0.15) is 17.0 Å². The van der Waals surface area contributed by atoms with E-state index in [0.29, 0.717) is 40.4 Å². The van der Waals surface area contributed by atoms with Gasteiger partial charge in [0.05, 0.1) is 12.2 Å². The van der Waals surface area contributed by atoms with Crippen molar-refractivity contribution in [1.29, 1.82) is 0 Å². The maximum atomic E-state index is 12.5. The van der Waals surface area contributed by atoms with Crippen LogP contribution in [-0.4, -0.2) is 27.7 Å². The van der Waals surface area contributed by atoms with Crippen LogP contribution in [0.15, 0.2) is 65.1 Å². The fourth-order valence-corrected chi connectivity index (χ4v) is 3.52. The minimum absolute atomic E-state index is 0.0268. The van der Waals surface area contributed by atoms with Crippen LogP contribution in [0.25, 0.3) is 22.6 Å². The topological polar surface area (TPSA) is 96.6 Å². The van der Waals surface area contributed by atoms with E-state index in [0.717, 1.165) is 24.2 Å². The van der Waals surface area contributed by atoms with Crippen LogP contribution >= 0.6 is 12.2 Å². The number of carbonyl (C=O) groups is 1. The molecule has 3 aromatic carbocycles. The fourth-order valence-electron chi connectivity index (χ4n) is 3.31. The summed E-state index contributed by atoms with van der Waals surface area (Å²) in [5.74, 6) is 0.666. The first-order valence-electron chi connectivity index (χ1n) is 11.0. The Balaban J connectivity index is 1.38. The lowest BCUT2D eigenvalue weighted by Crippen LogP contribution is -2.34. The molecule has 0 unspecified atom stereocenters. The largest absolute Gasteiger partial charge is 0.507 e. The number of nitrogens with zero attached hydrogens (tertiary/aromatic N) is 1. The third-order valence-corrected chi connectivity index (χ3v) is 5.34. The Morgan fingerprint density at radius 1 is 1.12 bits per heavy atom. The van der Waals surface area contributed by atoms with Crippen LogP contribution in [0.1, 0.15) is 35.7 Å². The van der Waals surface area contributed by atoms with Crippen molar-refractivity contribution in [3.05, 3.63) is 71.8 Å². The van der Waals surface area contributed by atoms with Crippen molar-refractivity contribution in [2.45, 2.75) is 26.7 Å². The quantitative estimate of drug-likeness (QED) is 0.229. The van der Waals surface area contributed by atoms with E-state index in [4.69, 9.17) is 21.4 Å². The van der Waals surface area contributed by atoms with Gasteiger partial charge in [-0.05, 0) is 79.7 Å². The first kappa shape index (κ1) is 23.3. The Morgan fingerprint density at radius 2 is 1.91 bits per heavy atom. The van der Waals surface area contributed by atoms with Crippen molar-refractivity contribution in [3.63, 3.8) is 0 Å². The number of anilines is 1. The average molecular weight is 476 g/mol. The number of benzene rings is 3. The van der Waals surface area contributed by atoms with Crippen LogP contribution in [0.2, 0.25) is 0 Å². The van der Waals surface area contributed by atoms with Crippen LogP contribution in [0, 0.1) is 6.92 Å². The van der Waals surface area contributed by atoms with E-state index in [1.54, 1.807) is 36.4 Å². The van der Waals surface area contributed by atoms with Gasteiger partial charge in [0.15, 0.2) is 10.7 Å². The minimum atomic E-state index is -0.347. The smallest absolute Gasteiger partial charge is 0.257 e. The number of hydrogen-bond donors (Lipinski definition) is 3. The lowest BCUT2D eigenvalue weighted by atomic mass is 10.2. The van der Waals surface area contributed by atoms with E-state index in [1.807, 2.05) is 25.1 Å². The highest BCUT2D eigenvalue weighted by molar-refractivity contribution is 7.80. The highest BCUT2D eigenvalue weighted by Gasteiger charge is 2.14. The number of unbranched alkanes of at least 4 members (excludes halogenated alkanes) is 1. The number of hydrogen-bond acceptors (Lipinski definition) is 6. The molecule has 4 rings (SSSR count). The van der Waals surface area contributed by atoms with Crippen LogP contribution in [0.3, 0.4) is 0 Å². The number of nitrogens with one attached hydrogen (secondary N) is 2. The summed E-state index contributed by atoms with van der Waals surface area (Å²) in [6.45, 7) is 4.72. The third kappa shape index (κ3) is 5.52. The van der Waals surface area contributed by atoms with Gasteiger partial charge in [-0.3, -0.25) is 10.1 Å². The zero-order chi connectivity index (χ0) is 24.1. The first-order valence-corrected chi connectivity index (χ1v) is 11.4. The SMILES string of the molecule is CCCCOc1ccc(C(=O)NC(=S)Nc2ccc(-c3nc4ccc(C)cc4o3)c(O)c2)cc1. The predicted molar refractivity (Wildman–Crippen MR) is 136 cm³/mol. The Morgan fingerprint density at radius 3 is 2.65 bits per heavy atom. The molecule has 8 heteroatoms. The van der Waals surface area contributed by atoms with Gasteiger partial charge in [0, 0.05) is 17.3 Å². The summed E-state index contributed by atoms with van der Waals surface area (Å²) in [7, 11) is 0. The summed E-state index contributed by atoms with van der Waals surface area (Å²) in [4.78, 5) is 16.9. The number of thiocarbonyl (C=S) groups is 1. The molecule has 0 spiro atoms. The van der Waals surface area contributed by atoms with Gasteiger partial charge in [0.25, 0.3) is 5.91 Å². The molecule has 1 amide bonds. The third-order valence-electron chi connectivity index (χ3n) is 5.14. The molecular weight excluding hydrogens is 450 g/mol. The standard InChI is InChI=1S/C26H25N3O4S/c1-3-4-13-32-19-9-6-17(7-10-19)24(31)29-26(34)27-18-8-11-20(22(30)15-18)25-28-21-12-5-16(2)14-23(21)33-25/h5-12,14-15,30H,3-4,13H2,1-2H3,(H2,27,29,31,34). The molecule has 0 atom stereocenters. The van der Waals surface area contributed by atoms with Crippen molar-refractivity contribution in [3.8, 4) is 23.0 Å². The molecule has 0 fully saturated rings. The van der Waals surface area contributed by atoms with Gasteiger partial charge in [-0.15, -0.1) is 0 Å². The monoisotopic (exact) mass is 475 g/mol. The maximum Gasteiger partial charge on any atom is 0.257 e. The zero-order valence-corrected chi connectivity index (χ0v) is 19.7. The average Bonchev–Trinajstić information content (AvgIpc) is 3.22.